The molecule has 0 bridgehead atoms. The van der Waals surface area contributed by atoms with Crippen LogP contribution >= 0.6 is 11.6 Å². The number of carbonyl (C=O) groups excluding carboxylic acids is 1. The zero-order chi connectivity index (χ0) is 20.1. The lowest BCUT2D eigenvalue weighted by Gasteiger charge is -2.11. The minimum atomic E-state index is -0.711. The van der Waals surface area contributed by atoms with Crippen LogP contribution in [0.4, 0.5) is 0 Å². The van der Waals surface area contributed by atoms with E-state index in [1.165, 1.54) is 18.2 Å². The summed E-state index contributed by atoms with van der Waals surface area (Å²) < 4.78 is 6.27. The highest BCUT2D eigenvalue weighted by Gasteiger charge is 2.13. The molecule has 144 valence electrons. The van der Waals surface area contributed by atoms with Crippen LogP contribution in [-0.4, -0.2) is 34.3 Å². The van der Waals surface area contributed by atoms with E-state index in [4.69, 9.17) is 16.3 Å². The second-order valence-electron chi connectivity index (χ2n) is 5.83. The van der Waals surface area contributed by atoms with E-state index in [1.807, 2.05) is 24.3 Å². The lowest BCUT2D eigenvalue weighted by atomic mass is 10.1. The maximum Gasteiger partial charge on any atom is 0.349 e. The molecule has 0 radical (unpaired) electrons. The van der Waals surface area contributed by atoms with E-state index in [0.717, 1.165) is 22.2 Å². The van der Waals surface area contributed by atoms with Crippen molar-refractivity contribution in [2.75, 3.05) is 13.7 Å². The standard InChI is InChI=1S/C19H17ClN4O4/c1-28-16-5-3-2-4-12(16)8-9-21-18(26)14-10-13(6-7-15(14)20)24-19(27)23-17(25)11-22-24/h2-7,10-11H,8-9H2,1H3,(H,21,26)(H,23,25,27). The molecular formula is C19H17ClN4O4. The first-order valence-corrected chi connectivity index (χ1v) is 8.76. The van der Waals surface area contributed by atoms with E-state index in [2.05, 4.69) is 15.4 Å². The summed E-state index contributed by atoms with van der Waals surface area (Å²) in [7, 11) is 1.59. The first-order valence-electron chi connectivity index (χ1n) is 8.38. The molecule has 2 aromatic carbocycles. The molecule has 1 amide bonds. The van der Waals surface area contributed by atoms with Crippen molar-refractivity contribution >= 4 is 17.5 Å². The van der Waals surface area contributed by atoms with Gasteiger partial charge in [0.2, 0.25) is 0 Å². The summed E-state index contributed by atoms with van der Waals surface area (Å²) in [6, 6.07) is 12.0. The number of aromatic nitrogens is 3. The van der Waals surface area contributed by atoms with Crippen LogP contribution in [0.5, 0.6) is 5.75 Å². The monoisotopic (exact) mass is 400 g/mol. The molecule has 0 aliphatic carbocycles. The number of aromatic amines is 1. The number of ether oxygens (including phenoxy) is 1. The van der Waals surface area contributed by atoms with E-state index in [0.29, 0.717) is 18.7 Å². The molecular weight excluding hydrogens is 384 g/mol. The number of methoxy groups -OCH3 is 1. The van der Waals surface area contributed by atoms with Crippen LogP contribution in [0, 0.1) is 0 Å². The van der Waals surface area contributed by atoms with Gasteiger partial charge < -0.3 is 10.1 Å². The van der Waals surface area contributed by atoms with Crippen molar-refractivity contribution in [2.24, 2.45) is 0 Å². The van der Waals surface area contributed by atoms with Gasteiger partial charge in [-0.1, -0.05) is 29.8 Å². The largest absolute Gasteiger partial charge is 0.496 e. The zero-order valence-electron chi connectivity index (χ0n) is 14.9. The highest BCUT2D eigenvalue weighted by molar-refractivity contribution is 6.33. The maximum atomic E-state index is 12.5. The molecule has 3 aromatic rings. The van der Waals surface area contributed by atoms with Crippen molar-refractivity contribution < 1.29 is 9.53 Å². The molecule has 0 unspecified atom stereocenters. The second-order valence-corrected chi connectivity index (χ2v) is 6.24. The van der Waals surface area contributed by atoms with E-state index in [1.54, 1.807) is 7.11 Å². The number of H-pyrrole nitrogens is 1. The fourth-order valence-corrected chi connectivity index (χ4v) is 2.87. The van der Waals surface area contributed by atoms with Gasteiger partial charge in [-0.25, -0.2) is 4.79 Å². The summed E-state index contributed by atoms with van der Waals surface area (Å²) in [5.41, 5.74) is 0.149. The van der Waals surface area contributed by atoms with Crippen LogP contribution in [0.1, 0.15) is 15.9 Å². The fourth-order valence-electron chi connectivity index (χ4n) is 2.67. The Bertz CT molecular complexity index is 1120. The molecule has 1 aromatic heterocycles. The quantitative estimate of drug-likeness (QED) is 0.653. The molecule has 3 rings (SSSR count). The lowest BCUT2D eigenvalue weighted by molar-refractivity contribution is 0.0954. The van der Waals surface area contributed by atoms with Crippen molar-refractivity contribution in [3.8, 4) is 11.4 Å². The van der Waals surface area contributed by atoms with Gasteiger partial charge in [0.15, 0.2) is 0 Å². The Morgan fingerprint density at radius 3 is 2.79 bits per heavy atom. The normalized spacial score (nSPS) is 10.5. The van der Waals surface area contributed by atoms with E-state index >= 15 is 0 Å². The number of nitrogens with one attached hydrogen (secondary N) is 2. The third-order valence-corrected chi connectivity index (χ3v) is 4.35. The molecule has 0 aliphatic rings. The molecule has 9 heteroatoms. The summed E-state index contributed by atoms with van der Waals surface area (Å²) >= 11 is 6.14. The lowest BCUT2D eigenvalue weighted by Crippen LogP contribution is -2.31. The number of nitrogens with zero attached hydrogens (tertiary/aromatic N) is 2. The third kappa shape index (κ3) is 4.29. The summed E-state index contributed by atoms with van der Waals surface area (Å²) in [6.07, 6.45) is 1.55. The first kappa shape index (κ1) is 19.4. The number of halogens is 1. The van der Waals surface area contributed by atoms with E-state index in [-0.39, 0.29) is 16.5 Å². The van der Waals surface area contributed by atoms with Crippen LogP contribution in [-0.2, 0) is 6.42 Å². The molecule has 0 aliphatic heterocycles. The average Bonchev–Trinajstić information content (AvgIpc) is 2.69. The highest BCUT2D eigenvalue weighted by Crippen LogP contribution is 2.20. The Labute approximate surface area is 164 Å². The molecule has 28 heavy (non-hydrogen) atoms. The molecule has 8 nitrogen and oxygen atoms in total. The van der Waals surface area contributed by atoms with Gasteiger partial charge in [0.05, 0.1) is 23.4 Å². The Morgan fingerprint density at radius 1 is 1.25 bits per heavy atom. The molecule has 0 spiro atoms. The zero-order valence-corrected chi connectivity index (χ0v) is 15.7. The van der Waals surface area contributed by atoms with Gasteiger partial charge in [-0.15, -0.1) is 0 Å². The van der Waals surface area contributed by atoms with Crippen molar-refractivity contribution in [3.63, 3.8) is 0 Å². The topological polar surface area (TPSA) is 106 Å². The predicted molar refractivity (Wildman–Crippen MR) is 104 cm³/mol. The van der Waals surface area contributed by atoms with Crippen molar-refractivity contribution in [2.45, 2.75) is 6.42 Å². The number of hydrogen-bond donors (Lipinski definition) is 2. The highest BCUT2D eigenvalue weighted by atomic mass is 35.5. The Morgan fingerprint density at radius 2 is 2.04 bits per heavy atom. The van der Waals surface area contributed by atoms with E-state index in [9.17, 15) is 14.4 Å². The minimum Gasteiger partial charge on any atom is -0.496 e. The third-order valence-electron chi connectivity index (χ3n) is 4.02. The Balaban J connectivity index is 1.76. The van der Waals surface area contributed by atoms with Gasteiger partial charge in [-0.3, -0.25) is 14.6 Å². The summed E-state index contributed by atoms with van der Waals surface area (Å²) in [5, 5.41) is 6.80. The number of benzene rings is 2. The number of carbonyl (C=O) groups is 1. The molecule has 0 saturated heterocycles. The van der Waals surface area contributed by atoms with Crippen molar-refractivity contribution in [3.05, 3.63) is 85.6 Å². The molecule has 0 atom stereocenters. The van der Waals surface area contributed by atoms with Crippen LogP contribution in [0.2, 0.25) is 5.02 Å². The maximum absolute atomic E-state index is 12.5. The van der Waals surface area contributed by atoms with Gasteiger partial charge in [-0.2, -0.15) is 9.78 Å². The summed E-state index contributed by atoms with van der Waals surface area (Å²) in [5.74, 6) is 0.361. The van der Waals surface area contributed by atoms with Gasteiger partial charge in [0, 0.05) is 6.54 Å². The van der Waals surface area contributed by atoms with Crippen molar-refractivity contribution in [1.82, 2.24) is 20.1 Å². The predicted octanol–water partition coefficient (Wildman–Crippen LogP) is 1.56. The van der Waals surface area contributed by atoms with E-state index < -0.39 is 11.2 Å². The Kier molecular flexibility index (Phi) is 5.90. The van der Waals surface area contributed by atoms with Crippen LogP contribution in [0.25, 0.3) is 5.69 Å². The molecule has 2 N–H and O–H groups in total. The molecule has 1 heterocycles. The van der Waals surface area contributed by atoms with Crippen LogP contribution in [0.15, 0.2) is 58.3 Å². The number of hydrogen-bond acceptors (Lipinski definition) is 5. The SMILES string of the molecule is COc1ccccc1CCNC(=O)c1cc(-n2ncc(=O)[nH]c2=O)ccc1Cl. The van der Waals surface area contributed by atoms with Crippen LogP contribution < -0.4 is 21.3 Å². The number of amides is 1. The minimum absolute atomic E-state index is 0.194. The van der Waals surface area contributed by atoms with Gasteiger partial charge in [0.25, 0.3) is 11.5 Å². The molecule has 0 saturated carbocycles. The second kappa shape index (κ2) is 8.53. The summed E-state index contributed by atoms with van der Waals surface area (Å²) in [4.78, 5) is 37.7. The smallest absolute Gasteiger partial charge is 0.349 e. The van der Waals surface area contributed by atoms with Gasteiger partial charge in [-0.05, 0) is 36.2 Å². The molecule has 0 fully saturated rings. The summed E-state index contributed by atoms with van der Waals surface area (Å²) in [6.45, 7) is 0.372. The number of rotatable bonds is 6. The fraction of sp³-hybridized carbons (Fsp3) is 0.158. The number of para-hydroxylation sites is 1. The van der Waals surface area contributed by atoms with Gasteiger partial charge in [0.1, 0.15) is 11.9 Å². The van der Waals surface area contributed by atoms with Gasteiger partial charge >= 0.3 is 5.69 Å². The first-order chi connectivity index (χ1) is 13.5. The Hall–Kier alpha value is -3.39. The average molecular weight is 401 g/mol. The van der Waals surface area contributed by atoms with Crippen LogP contribution in [0.3, 0.4) is 0 Å². The van der Waals surface area contributed by atoms with Crippen molar-refractivity contribution in [1.29, 1.82) is 0 Å².